The lowest BCUT2D eigenvalue weighted by Crippen LogP contribution is -2.16. The number of sulfonamides is 1. The van der Waals surface area contributed by atoms with Gasteiger partial charge in [0.25, 0.3) is 10.0 Å². The minimum Gasteiger partial charge on any atom is -0.316 e. The van der Waals surface area contributed by atoms with Crippen molar-refractivity contribution in [3.8, 4) is 0 Å². The van der Waals surface area contributed by atoms with Crippen molar-refractivity contribution in [1.82, 2.24) is 5.32 Å². The Balaban J connectivity index is 2.44. The van der Waals surface area contributed by atoms with Gasteiger partial charge in [0.2, 0.25) is 0 Å². The summed E-state index contributed by atoms with van der Waals surface area (Å²) in [6, 6.07) is 10.1. The van der Waals surface area contributed by atoms with E-state index in [2.05, 4.69) is 10.0 Å². The van der Waals surface area contributed by atoms with Crippen LogP contribution in [0.25, 0.3) is 0 Å². The maximum atomic E-state index is 13.8. The summed E-state index contributed by atoms with van der Waals surface area (Å²) in [5.41, 5.74) is 0.612. The van der Waals surface area contributed by atoms with E-state index in [4.69, 9.17) is 0 Å². The highest BCUT2D eigenvalue weighted by Crippen LogP contribution is 2.22. The lowest BCUT2D eigenvalue weighted by Gasteiger charge is -2.11. The maximum Gasteiger partial charge on any atom is 0.264 e. The Bertz CT molecular complexity index is 734. The van der Waals surface area contributed by atoms with Gasteiger partial charge in [-0.05, 0) is 36.9 Å². The molecule has 7 heteroatoms. The molecule has 2 N–H and O–H groups in total. The van der Waals surface area contributed by atoms with E-state index in [9.17, 15) is 17.2 Å². The summed E-state index contributed by atoms with van der Waals surface area (Å²) in [7, 11) is -2.58. The normalized spacial score (nSPS) is 11.4. The Morgan fingerprint density at radius 2 is 1.76 bits per heavy atom. The van der Waals surface area contributed by atoms with Crippen LogP contribution in [-0.2, 0) is 16.6 Å². The minimum atomic E-state index is -4.20. The molecular formula is C14H14F2N2O2S. The first kappa shape index (κ1) is 15.4. The largest absolute Gasteiger partial charge is 0.316 e. The molecule has 0 unspecified atom stereocenters. The molecule has 0 aliphatic heterocycles. The average Bonchev–Trinajstić information content (AvgIpc) is 2.43. The maximum absolute atomic E-state index is 13.8. The predicted octanol–water partition coefficient (Wildman–Crippen LogP) is 2.49. The molecule has 0 fully saturated rings. The van der Waals surface area contributed by atoms with E-state index < -0.39 is 26.6 Å². The summed E-state index contributed by atoms with van der Waals surface area (Å²) in [6.45, 7) is 0.227. The van der Waals surface area contributed by atoms with E-state index in [0.29, 0.717) is 5.56 Å². The van der Waals surface area contributed by atoms with Crippen molar-refractivity contribution >= 4 is 15.7 Å². The summed E-state index contributed by atoms with van der Waals surface area (Å²) in [5, 5.41) is 2.75. The van der Waals surface area contributed by atoms with Gasteiger partial charge in [-0.2, -0.15) is 0 Å². The third-order valence-electron chi connectivity index (χ3n) is 2.75. The zero-order valence-corrected chi connectivity index (χ0v) is 12.0. The quantitative estimate of drug-likeness (QED) is 0.892. The van der Waals surface area contributed by atoms with Gasteiger partial charge in [-0.3, -0.25) is 4.72 Å². The van der Waals surface area contributed by atoms with E-state index in [1.54, 1.807) is 25.2 Å². The van der Waals surface area contributed by atoms with Gasteiger partial charge < -0.3 is 5.32 Å². The van der Waals surface area contributed by atoms with Crippen molar-refractivity contribution in [2.75, 3.05) is 11.8 Å². The van der Waals surface area contributed by atoms with Crippen LogP contribution in [-0.4, -0.2) is 15.5 Å². The molecule has 2 aromatic rings. The predicted molar refractivity (Wildman–Crippen MR) is 76.4 cm³/mol. The average molecular weight is 312 g/mol. The van der Waals surface area contributed by atoms with Crippen LogP contribution >= 0.6 is 0 Å². The van der Waals surface area contributed by atoms with Crippen LogP contribution in [0.2, 0.25) is 0 Å². The van der Waals surface area contributed by atoms with Crippen LogP contribution in [0.3, 0.4) is 0 Å². The van der Waals surface area contributed by atoms with E-state index in [1.807, 2.05) is 0 Å². The molecule has 0 saturated carbocycles. The van der Waals surface area contributed by atoms with Crippen LogP contribution in [0, 0.1) is 11.6 Å². The molecule has 2 rings (SSSR count). The third-order valence-corrected chi connectivity index (χ3v) is 4.13. The molecule has 0 saturated heterocycles. The van der Waals surface area contributed by atoms with Crippen LogP contribution in [0.5, 0.6) is 0 Å². The van der Waals surface area contributed by atoms with Gasteiger partial charge in [-0.1, -0.05) is 18.2 Å². The van der Waals surface area contributed by atoms with Gasteiger partial charge in [-0.25, -0.2) is 17.2 Å². The molecular weight excluding hydrogens is 298 g/mol. The summed E-state index contributed by atoms with van der Waals surface area (Å²) >= 11 is 0. The van der Waals surface area contributed by atoms with Crippen molar-refractivity contribution in [3.63, 3.8) is 0 Å². The Hall–Kier alpha value is -1.99. The first-order chi connectivity index (χ1) is 9.94. The van der Waals surface area contributed by atoms with Gasteiger partial charge in [0.15, 0.2) is 11.6 Å². The second-order valence-corrected chi connectivity index (χ2v) is 6.04. The first-order valence-corrected chi connectivity index (χ1v) is 7.63. The zero-order valence-electron chi connectivity index (χ0n) is 11.2. The van der Waals surface area contributed by atoms with E-state index >= 15 is 0 Å². The summed E-state index contributed by atoms with van der Waals surface area (Å²) < 4.78 is 53.9. The number of hydrogen-bond acceptors (Lipinski definition) is 3. The van der Waals surface area contributed by atoms with Crippen molar-refractivity contribution in [2.24, 2.45) is 0 Å². The van der Waals surface area contributed by atoms with Crippen molar-refractivity contribution < 1.29 is 17.2 Å². The number of rotatable bonds is 5. The molecule has 0 heterocycles. The highest BCUT2D eigenvalue weighted by atomic mass is 32.2. The smallest absolute Gasteiger partial charge is 0.264 e. The summed E-state index contributed by atoms with van der Waals surface area (Å²) in [5.74, 6) is -2.59. The Labute approximate surface area is 121 Å². The molecule has 0 spiro atoms. The molecule has 0 atom stereocenters. The Morgan fingerprint density at radius 1 is 1.10 bits per heavy atom. The molecule has 0 aliphatic carbocycles. The number of halogens is 2. The van der Waals surface area contributed by atoms with Crippen LogP contribution in [0.1, 0.15) is 5.56 Å². The fourth-order valence-corrected chi connectivity index (χ4v) is 3.03. The third kappa shape index (κ3) is 3.56. The molecule has 2 aromatic carbocycles. The highest BCUT2D eigenvalue weighted by molar-refractivity contribution is 7.92. The summed E-state index contributed by atoms with van der Waals surface area (Å²) in [6.07, 6.45) is 0. The number of hydrogen-bond donors (Lipinski definition) is 2. The second-order valence-electron chi connectivity index (χ2n) is 4.39. The number of benzene rings is 2. The number of nitrogens with one attached hydrogen (secondary N) is 2. The molecule has 4 nitrogen and oxygen atoms in total. The molecule has 0 aromatic heterocycles. The minimum absolute atomic E-state index is 0.227. The lowest BCUT2D eigenvalue weighted by molar-refractivity contribution is 0.483. The standard InChI is InChI=1S/C14H14F2N2O2S/c1-17-9-10-7-12(15)14(16)13(8-10)21(19,20)18-11-5-3-2-4-6-11/h2-8,17-18H,9H2,1H3. The molecule has 21 heavy (non-hydrogen) atoms. The summed E-state index contributed by atoms with van der Waals surface area (Å²) in [4.78, 5) is -0.711. The van der Waals surface area contributed by atoms with Crippen molar-refractivity contribution in [3.05, 3.63) is 59.7 Å². The van der Waals surface area contributed by atoms with Gasteiger partial charge in [0, 0.05) is 12.2 Å². The van der Waals surface area contributed by atoms with Gasteiger partial charge in [-0.15, -0.1) is 0 Å². The number of para-hydroxylation sites is 1. The van der Waals surface area contributed by atoms with Gasteiger partial charge >= 0.3 is 0 Å². The van der Waals surface area contributed by atoms with Crippen LogP contribution in [0.15, 0.2) is 47.4 Å². The zero-order chi connectivity index (χ0) is 15.5. The monoisotopic (exact) mass is 312 g/mol. The van der Waals surface area contributed by atoms with E-state index in [0.717, 1.165) is 12.1 Å². The lowest BCUT2D eigenvalue weighted by atomic mass is 10.2. The molecule has 0 amide bonds. The van der Waals surface area contributed by atoms with Gasteiger partial charge in [0.1, 0.15) is 4.90 Å². The van der Waals surface area contributed by atoms with Gasteiger partial charge in [0.05, 0.1) is 0 Å². The molecule has 0 radical (unpaired) electrons. The molecule has 0 aliphatic rings. The topological polar surface area (TPSA) is 58.2 Å². The first-order valence-electron chi connectivity index (χ1n) is 6.14. The Kier molecular flexibility index (Phi) is 4.54. The fraction of sp³-hybridized carbons (Fsp3) is 0.143. The van der Waals surface area contributed by atoms with E-state index in [1.165, 1.54) is 12.1 Å². The van der Waals surface area contributed by atoms with E-state index in [-0.39, 0.29) is 12.2 Å². The molecule has 0 bridgehead atoms. The highest BCUT2D eigenvalue weighted by Gasteiger charge is 2.23. The number of anilines is 1. The SMILES string of the molecule is CNCc1cc(F)c(F)c(S(=O)(=O)Nc2ccccc2)c1. The van der Waals surface area contributed by atoms with Crippen LogP contribution in [0.4, 0.5) is 14.5 Å². The Morgan fingerprint density at radius 3 is 2.38 bits per heavy atom. The van der Waals surface area contributed by atoms with Crippen molar-refractivity contribution in [2.45, 2.75) is 11.4 Å². The fourth-order valence-electron chi connectivity index (χ4n) is 1.84. The van der Waals surface area contributed by atoms with Crippen molar-refractivity contribution in [1.29, 1.82) is 0 Å². The molecule has 112 valence electrons. The second kappa shape index (κ2) is 6.19. The van der Waals surface area contributed by atoms with Crippen LogP contribution < -0.4 is 10.0 Å².